The fourth-order valence-corrected chi connectivity index (χ4v) is 3.95. The molecule has 1 aliphatic rings. The lowest BCUT2D eigenvalue weighted by Crippen LogP contribution is -2.25. The second kappa shape index (κ2) is 7.12. The van der Waals surface area contributed by atoms with E-state index in [-0.39, 0.29) is 4.90 Å². The molecule has 3 aromatic rings. The zero-order valence-electron chi connectivity index (χ0n) is 15.3. The Hall–Kier alpha value is -3.13. The zero-order valence-corrected chi connectivity index (χ0v) is 16.1. The highest BCUT2D eigenvalue weighted by atomic mass is 32.2. The first-order valence-electron chi connectivity index (χ1n) is 8.90. The van der Waals surface area contributed by atoms with Gasteiger partial charge in [0.1, 0.15) is 11.6 Å². The van der Waals surface area contributed by atoms with Crippen LogP contribution in [0, 0.1) is 0 Å². The number of nitrogens with one attached hydrogen (secondary N) is 1. The number of anilines is 4. The molecule has 1 aromatic heterocycles. The number of nitrogens with zero attached hydrogens (tertiary/aromatic N) is 3. The topological polar surface area (TPSA) is 95.4 Å². The number of rotatable bonds is 4. The average molecular weight is 396 g/mol. The fraction of sp³-hybridized carbons (Fsp3) is 0.200. The summed E-state index contributed by atoms with van der Waals surface area (Å²) in [5, 5.41) is 13.2. The summed E-state index contributed by atoms with van der Waals surface area (Å²) in [6.07, 6.45) is 4.61. The van der Waals surface area contributed by atoms with Crippen molar-refractivity contribution in [3.63, 3.8) is 0 Å². The molecule has 0 unspecified atom stereocenters. The average Bonchev–Trinajstić information content (AvgIpc) is 2.68. The van der Waals surface area contributed by atoms with E-state index < -0.39 is 9.84 Å². The van der Waals surface area contributed by atoms with Crippen molar-refractivity contribution in [3.05, 3.63) is 60.3 Å². The Balaban J connectivity index is 1.60. The van der Waals surface area contributed by atoms with Gasteiger partial charge in [0.05, 0.1) is 4.90 Å². The molecular formula is C20H20N4O3S. The number of hydrogen-bond donors (Lipinski definition) is 2. The molecule has 2 heterocycles. The molecule has 0 saturated carbocycles. The standard InChI is InChI=1S/C20H20N4O3S/c1-28(26,27)15-9-7-14(8-10-15)22-20-21-12-11-19(23-20)24-13-3-4-16-17(24)5-2-6-18(16)25/h2,5-12,25H,3-4,13H2,1H3,(H,21,22,23). The molecule has 2 aromatic carbocycles. The lowest BCUT2D eigenvalue weighted by molar-refractivity contribution is 0.465. The Morgan fingerprint density at radius 2 is 1.89 bits per heavy atom. The van der Waals surface area contributed by atoms with Gasteiger partial charge in [0.2, 0.25) is 5.95 Å². The van der Waals surface area contributed by atoms with E-state index in [1.165, 1.54) is 6.26 Å². The Bertz CT molecular complexity index is 1110. The van der Waals surface area contributed by atoms with Gasteiger partial charge in [0.25, 0.3) is 0 Å². The maximum Gasteiger partial charge on any atom is 0.229 e. The fourth-order valence-electron chi connectivity index (χ4n) is 3.32. The summed E-state index contributed by atoms with van der Waals surface area (Å²) < 4.78 is 23.2. The van der Waals surface area contributed by atoms with Crippen LogP contribution in [0.1, 0.15) is 12.0 Å². The minimum absolute atomic E-state index is 0.262. The number of benzene rings is 2. The van der Waals surface area contributed by atoms with Gasteiger partial charge in [-0.05, 0) is 55.3 Å². The Morgan fingerprint density at radius 3 is 2.64 bits per heavy atom. The molecule has 0 aliphatic carbocycles. The summed E-state index contributed by atoms with van der Waals surface area (Å²) in [7, 11) is -3.23. The van der Waals surface area contributed by atoms with E-state index in [1.807, 2.05) is 18.2 Å². The highest BCUT2D eigenvalue weighted by molar-refractivity contribution is 7.90. The van der Waals surface area contributed by atoms with Crippen molar-refractivity contribution in [3.8, 4) is 5.75 Å². The van der Waals surface area contributed by atoms with Crippen LogP contribution >= 0.6 is 0 Å². The van der Waals surface area contributed by atoms with Gasteiger partial charge >= 0.3 is 0 Å². The van der Waals surface area contributed by atoms with E-state index in [0.717, 1.165) is 36.5 Å². The molecule has 0 saturated heterocycles. The van der Waals surface area contributed by atoms with Crippen molar-refractivity contribution in [1.29, 1.82) is 0 Å². The lowest BCUT2D eigenvalue weighted by Gasteiger charge is -2.30. The molecule has 4 rings (SSSR count). The van der Waals surface area contributed by atoms with Gasteiger partial charge in [-0.2, -0.15) is 4.98 Å². The van der Waals surface area contributed by atoms with Gasteiger partial charge in [-0.15, -0.1) is 0 Å². The Labute approximate surface area is 163 Å². The first kappa shape index (κ1) is 18.2. The maximum atomic E-state index is 11.6. The third kappa shape index (κ3) is 3.63. The molecule has 0 spiro atoms. The Kier molecular flexibility index (Phi) is 4.64. The van der Waals surface area contributed by atoms with Crippen LogP contribution in [-0.2, 0) is 16.3 Å². The highest BCUT2D eigenvalue weighted by Crippen LogP contribution is 2.37. The molecule has 0 bridgehead atoms. The number of sulfone groups is 1. The molecule has 0 radical (unpaired) electrons. The van der Waals surface area contributed by atoms with Crippen molar-refractivity contribution in [2.24, 2.45) is 0 Å². The van der Waals surface area contributed by atoms with Crippen molar-refractivity contribution >= 4 is 33.0 Å². The van der Waals surface area contributed by atoms with E-state index in [1.54, 1.807) is 36.5 Å². The van der Waals surface area contributed by atoms with E-state index in [0.29, 0.717) is 17.4 Å². The molecule has 0 amide bonds. The van der Waals surface area contributed by atoms with Gasteiger partial charge < -0.3 is 15.3 Å². The number of phenols is 1. The predicted octanol–water partition coefficient (Wildman–Crippen LogP) is 3.41. The van der Waals surface area contributed by atoms with Crippen LogP contribution in [0.2, 0.25) is 0 Å². The number of hydrogen-bond acceptors (Lipinski definition) is 7. The molecule has 144 valence electrons. The van der Waals surface area contributed by atoms with Crippen LogP contribution in [0.25, 0.3) is 0 Å². The monoisotopic (exact) mass is 396 g/mol. The SMILES string of the molecule is CS(=O)(=O)c1ccc(Nc2nccc(N3CCCc4c(O)cccc43)n2)cc1. The number of fused-ring (bicyclic) bond motifs is 1. The number of aromatic nitrogens is 2. The van der Waals surface area contributed by atoms with Gasteiger partial charge in [0, 0.05) is 35.9 Å². The third-order valence-corrected chi connectivity index (χ3v) is 5.81. The normalized spacial score (nSPS) is 13.8. The zero-order chi connectivity index (χ0) is 19.7. The summed E-state index contributed by atoms with van der Waals surface area (Å²) in [6, 6.07) is 13.8. The van der Waals surface area contributed by atoms with Crippen LogP contribution < -0.4 is 10.2 Å². The summed E-state index contributed by atoms with van der Waals surface area (Å²) in [6.45, 7) is 0.802. The van der Waals surface area contributed by atoms with Crippen LogP contribution in [0.15, 0.2) is 59.6 Å². The minimum Gasteiger partial charge on any atom is -0.508 e. The quantitative estimate of drug-likeness (QED) is 0.698. The van der Waals surface area contributed by atoms with E-state index in [4.69, 9.17) is 0 Å². The largest absolute Gasteiger partial charge is 0.508 e. The smallest absolute Gasteiger partial charge is 0.229 e. The number of aromatic hydroxyl groups is 1. The molecule has 0 atom stereocenters. The van der Waals surface area contributed by atoms with Gasteiger partial charge in [0.15, 0.2) is 9.84 Å². The summed E-state index contributed by atoms with van der Waals surface area (Å²) in [5.74, 6) is 1.45. The van der Waals surface area contributed by atoms with Crippen LogP contribution in [0.3, 0.4) is 0 Å². The third-order valence-electron chi connectivity index (χ3n) is 4.68. The Morgan fingerprint density at radius 1 is 1.11 bits per heavy atom. The van der Waals surface area contributed by atoms with E-state index in [9.17, 15) is 13.5 Å². The summed E-state index contributed by atoms with van der Waals surface area (Å²) in [4.78, 5) is 11.2. The number of phenolic OH excluding ortho intramolecular Hbond substituents is 1. The van der Waals surface area contributed by atoms with E-state index in [2.05, 4.69) is 20.2 Å². The van der Waals surface area contributed by atoms with Gasteiger partial charge in [-0.25, -0.2) is 13.4 Å². The van der Waals surface area contributed by atoms with E-state index >= 15 is 0 Å². The summed E-state index contributed by atoms with van der Waals surface area (Å²) >= 11 is 0. The first-order chi connectivity index (χ1) is 13.4. The molecule has 1 aliphatic heterocycles. The van der Waals surface area contributed by atoms with Gasteiger partial charge in [-0.3, -0.25) is 0 Å². The van der Waals surface area contributed by atoms with Crippen LogP contribution in [0.5, 0.6) is 5.75 Å². The van der Waals surface area contributed by atoms with Crippen molar-refractivity contribution in [1.82, 2.24) is 9.97 Å². The molecule has 2 N–H and O–H groups in total. The summed E-state index contributed by atoms with van der Waals surface area (Å²) in [5.41, 5.74) is 2.58. The molecule has 7 nitrogen and oxygen atoms in total. The van der Waals surface area contributed by atoms with Crippen LogP contribution in [0.4, 0.5) is 23.1 Å². The second-order valence-electron chi connectivity index (χ2n) is 6.69. The second-order valence-corrected chi connectivity index (χ2v) is 8.71. The highest BCUT2D eigenvalue weighted by Gasteiger charge is 2.21. The maximum absolute atomic E-state index is 11.6. The lowest BCUT2D eigenvalue weighted by atomic mass is 10.0. The molecule has 28 heavy (non-hydrogen) atoms. The van der Waals surface area contributed by atoms with Gasteiger partial charge in [-0.1, -0.05) is 6.07 Å². The van der Waals surface area contributed by atoms with Crippen molar-refractivity contribution in [2.45, 2.75) is 17.7 Å². The predicted molar refractivity (Wildman–Crippen MR) is 108 cm³/mol. The molecular weight excluding hydrogens is 376 g/mol. The van der Waals surface area contributed by atoms with Crippen LogP contribution in [-0.4, -0.2) is 36.3 Å². The van der Waals surface area contributed by atoms with Crippen molar-refractivity contribution < 1.29 is 13.5 Å². The van der Waals surface area contributed by atoms with Crippen molar-refractivity contribution in [2.75, 3.05) is 23.0 Å². The minimum atomic E-state index is -3.23. The molecule has 8 heteroatoms. The first-order valence-corrected chi connectivity index (χ1v) is 10.8. The molecule has 0 fully saturated rings.